The molecule has 0 saturated heterocycles. The summed E-state index contributed by atoms with van der Waals surface area (Å²) in [6.07, 6.45) is 2.82. The van der Waals surface area contributed by atoms with E-state index in [1.165, 1.54) is 12.4 Å². The van der Waals surface area contributed by atoms with Gasteiger partial charge in [-0.1, -0.05) is 0 Å². The Morgan fingerprint density at radius 1 is 1.26 bits per heavy atom. The number of aromatic nitrogens is 2. The number of anilines is 2. The minimum Gasteiger partial charge on any atom is -0.454 e. The second-order valence-corrected chi connectivity index (χ2v) is 3.88. The summed E-state index contributed by atoms with van der Waals surface area (Å²) in [5.74, 6) is 0.805. The van der Waals surface area contributed by atoms with Crippen LogP contribution in [0.1, 0.15) is 10.4 Å². The molecule has 0 spiro atoms. The van der Waals surface area contributed by atoms with Gasteiger partial charge in [0, 0.05) is 12.1 Å². The van der Waals surface area contributed by atoms with Gasteiger partial charge in [0.15, 0.2) is 11.5 Å². The van der Waals surface area contributed by atoms with Gasteiger partial charge in [0.2, 0.25) is 6.79 Å². The van der Waals surface area contributed by atoms with Crippen LogP contribution in [0.15, 0.2) is 30.6 Å². The molecule has 0 bridgehead atoms. The Morgan fingerprint density at radius 2 is 2.05 bits per heavy atom. The van der Waals surface area contributed by atoms with Crippen LogP contribution in [0, 0.1) is 0 Å². The number of carbonyl (C=O) groups is 1. The zero-order valence-electron chi connectivity index (χ0n) is 9.79. The first kappa shape index (κ1) is 11.3. The third kappa shape index (κ3) is 2.13. The molecule has 1 aliphatic rings. The van der Waals surface area contributed by atoms with Crippen LogP contribution in [-0.4, -0.2) is 22.9 Å². The molecule has 96 valence electrons. The van der Waals surface area contributed by atoms with Crippen LogP contribution in [0.4, 0.5) is 11.4 Å². The Morgan fingerprint density at radius 3 is 2.79 bits per heavy atom. The molecule has 3 rings (SSSR count). The molecule has 19 heavy (non-hydrogen) atoms. The summed E-state index contributed by atoms with van der Waals surface area (Å²) in [4.78, 5) is 12.0. The van der Waals surface area contributed by atoms with Crippen molar-refractivity contribution in [3.63, 3.8) is 0 Å². The molecule has 2 aromatic rings. The highest BCUT2D eigenvalue weighted by Gasteiger charge is 2.17. The summed E-state index contributed by atoms with van der Waals surface area (Å²) in [6.45, 7) is 0.153. The van der Waals surface area contributed by atoms with Gasteiger partial charge in [-0.15, -0.1) is 0 Å². The lowest BCUT2D eigenvalue weighted by Gasteiger charge is -2.09. The van der Waals surface area contributed by atoms with Crippen molar-refractivity contribution < 1.29 is 14.3 Å². The first-order valence-corrected chi connectivity index (χ1v) is 5.51. The zero-order chi connectivity index (χ0) is 13.2. The standard InChI is InChI=1S/C12H10N4O3/c13-8-3-10-11(19-6-18-10)4-9(8)16-12(17)7-1-2-14-15-5-7/h1-5H,6,13H2,(H,16,17). The second kappa shape index (κ2) is 4.45. The van der Waals surface area contributed by atoms with Crippen LogP contribution in [0.5, 0.6) is 11.5 Å². The third-order valence-electron chi connectivity index (χ3n) is 2.64. The number of benzene rings is 1. The lowest BCUT2D eigenvalue weighted by Crippen LogP contribution is -2.13. The Hall–Kier alpha value is -2.83. The van der Waals surface area contributed by atoms with Gasteiger partial charge in [-0.25, -0.2) is 0 Å². The highest BCUT2D eigenvalue weighted by Crippen LogP contribution is 2.38. The fourth-order valence-corrected chi connectivity index (χ4v) is 1.69. The summed E-state index contributed by atoms with van der Waals surface area (Å²) in [5, 5.41) is 9.94. The molecule has 3 N–H and O–H groups in total. The maximum atomic E-state index is 12.0. The molecule has 0 saturated carbocycles. The van der Waals surface area contributed by atoms with Crippen LogP contribution in [0.2, 0.25) is 0 Å². The third-order valence-corrected chi connectivity index (χ3v) is 2.64. The molecule has 7 heteroatoms. The average molecular weight is 258 g/mol. The molecular weight excluding hydrogens is 248 g/mol. The van der Waals surface area contributed by atoms with E-state index in [4.69, 9.17) is 15.2 Å². The molecule has 1 aromatic heterocycles. The number of fused-ring (bicyclic) bond motifs is 1. The highest BCUT2D eigenvalue weighted by molar-refractivity contribution is 6.05. The number of rotatable bonds is 2. The van der Waals surface area contributed by atoms with Crippen molar-refractivity contribution in [1.29, 1.82) is 0 Å². The van der Waals surface area contributed by atoms with E-state index < -0.39 is 0 Å². The Bertz CT molecular complexity index is 630. The molecule has 0 atom stereocenters. The molecule has 0 unspecified atom stereocenters. The minimum absolute atomic E-state index is 0.153. The van der Waals surface area contributed by atoms with Gasteiger partial charge in [0.05, 0.1) is 29.3 Å². The first-order chi connectivity index (χ1) is 9.24. The van der Waals surface area contributed by atoms with Gasteiger partial charge < -0.3 is 20.5 Å². The van der Waals surface area contributed by atoms with Crippen molar-refractivity contribution in [2.24, 2.45) is 0 Å². The van der Waals surface area contributed by atoms with Crippen LogP contribution in [0.3, 0.4) is 0 Å². The smallest absolute Gasteiger partial charge is 0.257 e. The lowest BCUT2D eigenvalue weighted by molar-refractivity contribution is 0.102. The van der Waals surface area contributed by atoms with Gasteiger partial charge in [0.1, 0.15) is 0 Å². The lowest BCUT2D eigenvalue weighted by atomic mass is 10.2. The van der Waals surface area contributed by atoms with Crippen LogP contribution < -0.4 is 20.5 Å². The highest BCUT2D eigenvalue weighted by atomic mass is 16.7. The number of nitrogens with two attached hydrogens (primary N) is 1. The van der Waals surface area contributed by atoms with E-state index in [-0.39, 0.29) is 12.7 Å². The topological polar surface area (TPSA) is 99.4 Å². The number of ether oxygens (including phenoxy) is 2. The average Bonchev–Trinajstić information content (AvgIpc) is 2.87. The van der Waals surface area contributed by atoms with E-state index in [0.717, 1.165) is 0 Å². The molecule has 0 aliphatic carbocycles. The quantitative estimate of drug-likeness (QED) is 0.781. The number of amides is 1. The van der Waals surface area contributed by atoms with Crippen LogP contribution in [-0.2, 0) is 0 Å². The molecular formula is C12H10N4O3. The number of carbonyl (C=O) groups excluding carboxylic acids is 1. The first-order valence-electron chi connectivity index (χ1n) is 5.51. The van der Waals surface area contributed by atoms with E-state index in [1.807, 2.05) is 0 Å². The van der Waals surface area contributed by atoms with E-state index >= 15 is 0 Å². The van der Waals surface area contributed by atoms with Crippen molar-refractivity contribution in [3.05, 3.63) is 36.2 Å². The Balaban J connectivity index is 1.86. The largest absolute Gasteiger partial charge is 0.454 e. The summed E-state index contributed by atoms with van der Waals surface area (Å²) >= 11 is 0. The van der Waals surface area contributed by atoms with Gasteiger partial charge in [-0.3, -0.25) is 4.79 Å². The maximum Gasteiger partial charge on any atom is 0.257 e. The van der Waals surface area contributed by atoms with Crippen molar-refractivity contribution in [1.82, 2.24) is 10.2 Å². The number of hydrogen-bond donors (Lipinski definition) is 2. The van der Waals surface area contributed by atoms with Gasteiger partial charge in [-0.2, -0.15) is 10.2 Å². The van der Waals surface area contributed by atoms with E-state index in [2.05, 4.69) is 15.5 Å². The molecule has 1 amide bonds. The van der Waals surface area contributed by atoms with Gasteiger partial charge >= 0.3 is 0 Å². The summed E-state index contributed by atoms with van der Waals surface area (Å²) in [6, 6.07) is 4.80. The number of hydrogen-bond acceptors (Lipinski definition) is 6. The monoisotopic (exact) mass is 258 g/mol. The normalized spacial score (nSPS) is 12.2. The summed E-state index contributed by atoms with van der Waals surface area (Å²) < 4.78 is 10.4. The second-order valence-electron chi connectivity index (χ2n) is 3.88. The molecule has 0 radical (unpaired) electrons. The maximum absolute atomic E-state index is 12.0. The fraction of sp³-hybridized carbons (Fsp3) is 0.0833. The molecule has 1 aliphatic heterocycles. The summed E-state index contributed by atoms with van der Waals surface area (Å²) in [5.41, 5.74) is 7.10. The van der Waals surface area contributed by atoms with Crippen LogP contribution >= 0.6 is 0 Å². The molecule has 7 nitrogen and oxygen atoms in total. The zero-order valence-corrected chi connectivity index (χ0v) is 9.79. The minimum atomic E-state index is -0.319. The fourth-order valence-electron chi connectivity index (χ4n) is 1.69. The predicted molar refractivity (Wildman–Crippen MR) is 67.0 cm³/mol. The molecule has 1 aromatic carbocycles. The number of nitrogens with zero attached hydrogens (tertiary/aromatic N) is 2. The number of nitrogens with one attached hydrogen (secondary N) is 1. The predicted octanol–water partition coefficient (Wildman–Crippen LogP) is 1.04. The van der Waals surface area contributed by atoms with E-state index in [0.29, 0.717) is 28.4 Å². The van der Waals surface area contributed by atoms with Crippen molar-refractivity contribution in [2.45, 2.75) is 0 Å². The van der Waals surface area contributed by atoms with Crippen LogP contribution in [0.25, 0.3) is 0 Å². The Kier molecular flexibility index (Phi) is 2.64. The van der Waals surface area contributed by atoms with Gasteiger partial charge in [-0.05, 0) is 6.07 Å². The number of nitrogen functional groups attached to an aromatic ring is 1. The van der Waals surface area contributed by atoms with E-state index in [9.17, 15) is 4.79 Å². The van der Waals surface area contributed by atoms with Crippen molar-refractivity contribution >= 4 is 17.3 Å². The SMILES string of the molecule is Nc1cc2c(cc1NC(=O)c1ccnnc1)OCO2. The van der Waals surface area contributed by atoms with Crippen molar-refractivity contribution in [3.8, 4) is 11.5 Å². The van der Waals surface area contributed by atoms with Crippen molar-refractivity contribution in [2.75, 3.05) is 17.8 Å². The molecule has 2 heterocycles. The van der Waals surface area contributed by atoms with E-state index in [1.54, 1.807) is 18.2 Å². The summed E-state index contributed by atoms with van der Waals surface area (Å²) in [7, 11) is 0. The van der Waals surface area contributed by atoms with Gasteiger partial charge in [0.25, 0.3) is 5.91 Å². The Labute approximate surface area is 108 Å². The molecule has 0 fully saturated rings.